The van der Waals surface area contributed by atoms with Crippen molar-refractivity contribution in [3.8, 4) is 0 Å². The fraction of sp³-hybridized carbons (Fsp3) is 0.517. The van der Waals surface area contributed by atoms with Gasteiger partial charge in [-0.2, -0.15) is 0 Å². The van der Waals surface area contributed by atoms with Crippen LogP contribution in [0.2, 0.25) is 0 Å². The molecular formula is C29H43N3O4S. The lowest BCUT2D eigenvalue weighted by atomic mass is 9.87. The zero-order valence-electron chi connectivity index (χ0n) is 23.4. The SMILES string of the molecule is CCCCNC(=O)[C@H](CC)N(Cc1cccc(C)c1)C(=O)CN(c1ccc(C(C)(C)C)cc1)S(C)(=O)=O. The molecular weight excluding hydrogens is 486 g/mol. The van der Waals surface area contributed by atoms with Crippen molar-refractivity contribution >= 4 is 27.5 Å². The van der Waals surface area contributed by atoms with Gasteiger partial charge in [0.2, 0.25) is 21.8 Å². The van der Waals surface area contributed by atoms with Gasteiger partial charge >= 0.3 is 0 Å². The highest BCUT2D eigenvalue weighted by molar-refractivity contribution is 7.92. The normalized spacial score (nSPS) is 12.6. The zero-order chi connectivity index (χ0) is 27.8. The first-order valence-electron chi connectivity index (χ1n) is 13.0. The maximum Gasteiger partial charge on any atom is 0.244 e. The first-order valence-corrected chi connectivity index (χ1v) is 14.8. The van der Waals surface area contributed by atoms with Gasteiger partial charge in [0.15, 0.2) is 0 Å². The second-order valence-electron chi connectivity index (χ2n) is 10.6. The minimum Gasteiger partial charge on any atom is -0.354 e. The molecule has 0 fully saturated rings. The van der Waals surface area contributed by atoms with Crippen LogP contribution in [0.15, 0.2) is 48.5 Å². The molecule has 0 aliphatic heterocycles. The fourth-order valence-electron chi connectivity index (χ4n) is 4.17. The van der Waals surface area contributed by atoms with E-state index in [1.54, 1.807) is 12.1 Å². The number of nitrogens with zero attached hydrogens (tertiary/aromatic N) is 2. The second-order valence-corrected chi connectivity index (χ2v) is 12.6. The molecule has 1 N–H and O–H groups in total. The summed E-state index contributed by atoms with van der Waals surface area (Å²) in [6.07, 6.45) is 3.30. The number of benzene rings is 2. The Hall–Kier alpha value is -2.87. The molecule has 0 unspecified atom stereocenters. The van der Waals surface area contributed by atoms with E-state index in [4.69, 9.17) is 0 Å². The summed E-state index contributed by atoms with van der Waals surface area (Å²) < 4.78 is 26.7. The monoisotopic (exact) mass is 529 g/mol. The van der Waals surface area contributed by atoms with Crippen LogP contribution >= 0.6 is 0 Å². The number of anilines is 1. The van der Waals surface area contributed by atoms with E-state index in [1.165, 1.54) is 4.90 Å². The quantitative estimate of drug-likeness (QED) is 0.401. The van der Waals surface area contributed by atoms with Crippen molar-refractivity contribution in [3.63, 3.8) is 0 Å². The Morgan fingerprint density at radius 1 is 1.03 bits per heavy atom. The summed E-state index contributed by atoms with van der Waals surface area (Å²) in [6.45, 7) is 12.5. The third-order valence-corrected chi connectivity index (χ3v) is 7.49. The second kappa shape index (κ2) is 13.1. The molecule has 0 aliphatic rings. The lowest BCUT2D eigenvalue weighted by molar-refractivity contribution is -0.140. The number of sulfonamides is 1. The van der Waals surface area contributed by atoms with Crippen molar-refractivity contribution in [2.75, 3.05) is 23.7 Å². The van der Waals surface area contributed by atoms with Crippen LogP contribution in [0.25, 0.3) is 0 Å². The molecule has 0 radical (unpaired) electrons. The molecule has 2 amide bonds. The van der Waals surface area contributed by atoms with Crippen LogP contribution in [0.4, 0.5) is 5.69 Å². The van der Waals surface area contributed by atoms with Gasteiger partial charge in [-0.1, -0.05) is 83.0 Å². The van der Waals surface area contributed by atoms with Crippen LogP contribution in [0.1, 0.15) is 70.6 Å². The van der Waals surface area contributed by atoms with Crippen LogP contribution in [-0.4, -0.2) is 50.5 Å². The third kappa shape index (κ3) is 8.88. The highest BCUT2D eigenvalue weighted by Crippen LogP contribution is 2.26. The topological polar surface area (TPSA) is 86.8 Å². The molecule has 2 rings (SSSR count). The van der Waals surface area contributed by atoms with E-state index in [0.717, 1.165) is 40.1 Å². The molecule has 37 heavy (non-hydrogen) atoms. The molecule has 0 aliphatic carbocycles. The molecule has 1 atom stereocenters. The summed E-state index contributed by atoms with van der Waals surface area (Å²) in [5.74, 6) is -0.651. The van der Waals surface area contributed by atoms with Gasteiger partial charge in [0, 0.05) is 13.1 Å². The van der Waals surface area contributed by atoms with Gasteiger partial charge in [0.05, 0.1) is 11.9 Å². The molecule has 0 bridgehead atoms. The van der Waals surface area contributed by atoms with Crippen molar-refractivity contribution in [2.24, 2.45) is 0 Å². The summed E-state index contributed by atoms with van der Waals surface area (Å²) in [4.78, 5) is 28.4. The van der Waals surface area contributed by atoms with Crippen molar-refractivity contribution in [2.45, 2.75) is 78.8 Å². The van der Waals surface area contributed by atoms with E-state index in [9.17, 15) is 18.0 Å². The minimum absolute atomic E-state index is 0.0889. The Balaban J connectivity index is 2.42. The number of carbonyl (C=O) groups is 2. The van der Waals surface area contributed by atoms with Gasteiger partial charge < -0.3 is 10.2 Å². The number of hydrogen-bond acceptors (Lipinski definition) is 4. The van der Waals surface area contributed by atoms with Gasteiger partial charge in [-0.05, 0) is 48.4 Å². The van der Waals surface area contributed by atoms with Crippen LogP contribution in [0.5, 0.6) is 0 Å². The van der Waals surface area contributed by atoms with Crippen LogP contribution in [0, 0.1) is 6.92 Å². The maximum atomic E-state index is 13.8. The number of hydrogen-bond donors (Lipinski definition) is 1. The number of aryl methyl sites for hydroxylation is 1. The first kappa shape index (κ1) is 30.4. The lowest BCUT2D eigenvalue weighted by Gasteiger charge is -2.33. The third-order valence-electron chi connectivity index (χ3n) is 6.35. The first-order chi connectivity index (χ1) is 17.3. The van der Waals surface area contributed by atoms with E-state index in [2.05, 4.69) is 26.1 Å². The molecule has 7 nitrogen and oxygen atoms in total. The van der Waals surface area contributed by atoms with E-state index in [0.29, 0.717) is 18.7 Å². The van der Waals surface area contributed by atoms with Crippen molar-refractivity contribution in [1.82, 2.24) is 10.2 Å². The average Bonchev–Trinajstić information content (AvgIpc) is 2.81. The van der Waals surface area contributed by atoms with Gasteiger partial charge in [-0.15, -0.1) is 0 Å². The number of nitrogens with one attached hydrogen (secondary N) is 1. The van der Waals surface area contributed by atoms with Gasteiger partial charge in [-0.25, -0.2) is 8.42 Å². The van der Waals surface area contributed by atoms with Crippen LogP contribution < -0.4 is 9.62 Å². The minimum atomic E-state index is -3.76. The summed E-state index contributed by atoms with van der Waals surface area (Å²) >= 11 is 0. The Morgan fingerprint density at radius 3 is 2.19 bits per heavy atom. The largest absolute Gasteiger partial charge is 0.354 e. The number of carbonyl (C=O) groups excluding carboxylic acids is 2. The molecule has 0 saturated heterocycles. The van der Waals surface area contributed by atoms with Gasteiger partial charge in [-0.3, -0.25) is 13.9 Å². The predicted molar refractivity (Wildman–Crippen MR) is 151 cm³/mol. The van der Waals surface area contributed by atoms with Crippen molar-refractivity contribution in [3.05, 3.63) is 65.2 Å². The smallest absolute Gasteiger partial charge is 0.244 e. The zero-order valence-corrected chi connectivity index (χ0v) is 24.2. The number of unbranched alkanes of at least 4 members (excludes halogenated alkanes) is 1. The lowest BCUT2D eigenvalue weighted by Crippen LogP contribution is -2.52. The Kier molecular flexibility index (Phi) is 10.7. The number of rotatable bonds is 12. The average molecular weight is 530 g/mol. The molecule has 0 saturated carbocycles. The summed E-state index contributed by atoms with van der Waals surface area (Å²) in [5, 5.41) is 2.94. The molecule has 2 aromatic carbocycles. The van der Waals surface area contributed by atoms with Crippen molar-refractivity contribution < 1.29 is 18.0 Å². The highest BCUT2D eigenvalue weighted by Gasteiger charge is 2.31. The Morgan fingerprint density at radius 2 is 1.68 bits per heavy atom. The predicted octanol–water partition coefficient (Wildman–Crippen LogP) is 4.78. The van der Waals surface area contributed by atoms with E-state index in [1.807, 2.05) is 57.2 Å². The molecule has 8 heteroatoms. The highest BCUT2D eigenvalue weighted by atomic mass is 32.2. The Bertz CT molecular complexity index is 1150. The van der Waals surface area contributed by atoms with E-state index >= 15 is 0 Å². The molecule has 2 aromatic rings. The fourth-order valence-corrected chi connectivity index (χ4v) is 5.02. The van der Waals surface area contributed by atoms with Crippen LogP contribution in [0.3, 0.4) is 0 Å². The maximum absolute atomic E-state index is 13.8. The standard InChI is InChI=1S/C29H43N3O4S/c1-8-10-18-30-28(34)26(9-2)31(20-23-13-11-12-22(3)19-23)27(33)21-32(37(7,35)36)25-16-14-24(15-17-25)29(4,5)6/h11-17,19,26H,8-10,18,20-21H2,1-7H3,(H,30,34)/t26-/m0/s1. The summed E-state index contributed by atoms with van der Waals surface area (Å²) in [5.41, 5.74) is 3.32. The van der Waals surface area contributed by atoms with E-state index < -0.39 is 28.5 Å². The molecule has 0 aromatic heterocycles. The molecule has 0 heterocycles. The molecule has 0 spiro atoms. The summed E-state index contributed by atoms with van der Waals surface area (Å²) in [7, 11) is -3.76. The Labute approximate surface area is 223 Å². The number of amides is 2. The van der Waals surface area contributed by atoms with Crippen molar-refractivity contribution in [1.29, 1.82) is 0 Å². The van der Waals surface area contributed by atoms with Gasteiger partial charge in [0.1, 0.15) is 12.6 Å². The van der Waals surface area contributed by atoms with E-state index in [-0.39, 0.29) is 17.9 Å². The molecule has 204 valence electrons. The van der Waals surface area contributed by atoms with Gasteiger partial charge in [0.25, 0.3) is 0 Å². The summed E-state index contributed by atoms with van der Waals surface area (Å²) in [6, 6.07) is 14.3. The van der Waals surface area contributed by atoms with Crippen LogP contribution in [-0.2, 0) is 31.6 Å².